The molecule has 0 saturated heterocycles. The van der Waals surface area contributed by atoms with Crippen LogP contribution in [0.3, 0.4) is 0 Å². The zero-order chi connectivity index (χ0) is 34.6. The fourth-order valence-electron chi connectivity index (χ4n) is 5.77. The first-order chi connectivity index (χ1) is 21.7. The number of nitro groups is 1. The van der Waals surface area contributed by atoms with Crippen molar-refractivity contribution in [2.45, 2.75) is 97.7 Å². The minimum absolute atomic E-state index is 0.0268. The maximum atomic E-state index is 10.3. The van der Waals surface area contributed by atoms with Crippen LogP contribution < -0.4 is 25.8 Å². The first-order valence-electron chi connectivity index (χ1n) is 15.7. The van der Waals surface area contributed by atoms with Crippen molar-refractivity contribution in [1.82, 2.24) is 4.67 Å². The van der Waals surface area contributed by atoms with Crippen LogP contribution >= 0.6 is 8.53 Å². The third-order valence-corrected chi connectivity index (χ3v) is 9.91. The lowest BCUT2D eigenvalue weighted by Crippen LogP contribution is -2.48. The van der Waals surface area contributed by atoms with E-state index in [1.807, 2.05) is 0 Å². The number of hydrogen-bond donors (Lipinski definition) is 2. The molecule has 0 amide bonds. The van der Waals surface area contributed by atoms with Crippen molar-refractivity contribution in [2.75, 3.05) is 50.3 Å². The smallest absolute Gasteiger partial charge is 0.273 e. The summed E-state index contributed by atoms with van der Waals surface area (Å²) >= 11 is 0. The maximum absolute atomic E-state index is 10.3. The second-order valence-electron chi connectivity index (χ2n) is 12.5. The molecule has 0 saturated carbocycles. The first kappa shape index (κ1) is 38.8. The zero-order valence-corrected chi connectivity index (χ0v) is 29.8. The molecule has 12 nitrogen and oxygen atoms in total. The molecule has 2 atom stereocenters. The van der Waals surface area contributed by atoms with Crippen molar-refractivity contribution in [3.63, 3.8) is 0 Å². The average Bonchev–Trinajstić information content (AvgIpc) is 2.98. The summed E-state index contributed by atoms with van der Waals surface area (Å²) in [6.45, 7) is 17.5. The third-order valence-electron chi connectivity index (χ3n) is 7.81. The molecule has 1 heterocycles. The number of benzene rings is 2. The van der Waals surface area contributed by atoms with E-state index in [2.05, 4.69) is 76.2 Å². The Morgan fingerprint density at radius 1 is 1.04 bits per heavy atom. The SMILES string of the molecule is COc1cc([N+](=O)[O-])ccc1N.COc1cc2c(cc1N)C(C)CC(C)(C)N2CCCCOP(OCCC#N)N(C(C)C)C(C)C. The van der Waals surface area contributed by atoms with Crippen LogP contribution in [0.1, 0.15) is 85.6 Å². The summed E-state index contributed by atoms with van der Waals surface area (Å²) in [4.78, 5) is 12.3. The first-order valence-corrected chi connectivity index (χ1v) is 16.9. The molecule has 1 aliphatic heterocycles. The molecule has 3 rings (SSSR count). The van der Waals surface area contributed by atoms with Crippen LogP contribution in [0.5, 0.6) is 11.5 Å². The van der Waals surface area contributed by atoms with Gasteiger partial charge in [0.15, 0.2) is 0 Å². The van der Waals surface area contributed by atoms with Gasteiger partial charge in [0.1, 0.15) is 11.5 Å². The monoisotopic (exact) mass is 660 g/mol. The van der Waals surface area contributed by atoms with Crippen molar-refractivity contribution in [3.8, 4) is 17.6 Å². The Kier molecular flexibility index (Phi) is 15.3. The molecule has 0 bridgehead atoms. The molecule has 2 aromatic carbocycles. The fraction of sp³-hybridized carbons (Fsp3) is 0.606. The van der Waals surface area contributed by atoms with Gasteiger partial charge in [-0.25, -0.2) is 4.67 Å². The lowest BCUT2D eigenvalue weighted by Gasteiger charge is -2.48. The summed E-state index contributed by atoms with van der Waals surface area (Å²) in [6, 6.07) is 11.0. The number of nitrogen functional groups attached to an aromatic ring is 2. The Balaban J connectivity index is 0.000000512. The van der Waals surface area contributed by atoms with Crippen molar-refractivity contribution in [3.05, 3.63) is 46.0 Å². The summed E-state index contributed by atoms with van der Waals surface area (Å²) in [6.07, 6.45) is 3.41. The summed E-state index contributed by atoms with van der Waals surface area (Å²) in [5.74, 6) is 1.51. The number of nitrogens with zero attached hydrogens (tertiary/aromatic N) is 4. The predicted molar refractivity (Wildman–Crippen MR) is 186 cm³/mol. The number of nitro benzene ring substituents is 1. The van der Waals surface area contributed by atoms with Crippen molar-refractivity contribution < 1.29 is 23.4 Å². The highest BCUT2D eigenvalue weighted by Crippen LogP contribution is 2.47. The Morgan fingerprint density at radius 2 is 1.65 bits per heavy atom. The van der Waals surface area contributed by atoms with Crippen molar-refractivity contribution in [2.24, 2.45) is 0 Å². The highest BCUT2D eigenvalue weighted by atomic mass is 31.2. The molecule has 4 N–H and O–H groups in total. The van der Waals surface area contributed by atoms with Crippen LogP contribution in [0, 0.1) is 21.4 Å². The van der Waals surface area contributed by atoms with Gasteiger partial charge in [0.25, 0.3) is 14.2 Å². The van der Waals surface area contributed by atoms with Gasteiger partial charge in [-0.1, -0.05) is 6.92 Å². The number of nitrogens with two attached hydrogens (primary N) is 2. The minimum Gasteiger partial charge on any atom is -0.495 e. The van der Waals surface area contributed by atoms with Gasteiger partial charge in [-0.05, 0) is 84.4 Å². The highest BCUT2D eigenvalue weighted by molar-refractivity contribution is 7.44. The zero-order valence-electron chi connectivity index (χ0n) is 28.9. The van der Waals surface area contributed by atoms with E-state index in [1.54, 1.807) is 7.11 Å². The normalized spacial score (nSPS) is 16.0. The van der Waals surface area contributed by atoms with Gasteiger partial charge in [0.05, 0.1) is 62.3 Å². The largest absolute Gasteiger partial charge is 0.495 e. The molecule has 2 unspecified atom stereocenters. The third kappa shape index (κ3) is 10.6. The molecule has 0 radical (unpaired) electrons. The highest BCUT2D eigenvalue weighted by Gasteiger charge is 2.36. The quantitative estimate of drug-likeness (QED) is 0.0635. The molecule has 46 heavy (non-hydrogen) atoms. The van der Waals surface area contributed by atoms with E-state index in [1.165, 1.54) is 36.6 Å². The summed E-state index contributed by atoms with van der Waals surface area (Å²) in [5, 5.41) is 19.2. The van der Waals surface area contributed by atoms with E-state index < -0.39 is 13.4 Å². The van der Waals surface area contributed by atoms with Gasteiger partial charge in [0.2, 0.25) is 0 Å². The Labute approximate surface area is 276 Å². The van der Waals surface area contributed by atoms with Crippen LogP contribution in [0.25, 0.3) is 0 Å². The standard InChI is InChI=1S/C26H45N4O3P.C7H8N2O3/c1-19(2)30(20(3)4)34(33-15-11-12-27)32-14-10-9-13-29-24-17-25(31-8)23(28)16-22(24)21(5)18-26(29,6)7;1-12-7-4-5(9(10)11)2-3-6(7)8/h16-17,19-21H,9-11,13-15,18,28H2,1-8H3;2-4H,8H2,1H3. The molecule has 0 spiro atoms. The van der Waals surface area contributed by atoms with Crippen molar-refractivity contribution in [1.29, 1.82) is 5.26 Å². The van der Waals surface area contributed by atoms with Crippen LogP contribution in [-0.4, -0.2) is 61.2 Å². The van der Waals surface area contributed by atoms with Gasteiger partial charge in [0, 0.05) is 42.0 Å². The number of rotatable bonds is 15. The number of ether oxygens (including phenoxy) is 2. The second kappa shape index (κ2) is 18.1. The van der Waals surface area contributed by atoms with Crippen LogP contribution in [0.4, 0.5) is 22.7 Å². The fourth-order valence-corrected chi connectivity index (χ4v) is 7.40. The van der Waals surface area contributed by atoms with E-state index in [9.17, 15) is 10.1 Å². The second-order valence-corrected chi connectivity index (χ2v) is 13.9. The lowest BCUT2D eigenvalue weighted by molar-refractivity contribution is -0.384. The molecular weight excluding hydrogens is 607 g/mol. The number of nitriles is 1. The summed E-state index contributed by atoms with van der Waals surface area (Å²) < 4.78 is 24.9. The van der Waals surface area contributed by atoms with Gasteiger partial charge in [-0.2, -0.15) is 5.26 Å². The molecule has 0 aliphatic carbocycles. The van der Waals surface area contributed by atoms with E-state index in [4.69, 9.17) is 35.3 Å². The van der Waals surface area contributed by atoms with Crippen molar-refractivity contribution >= 4 is 31.3 Å². The van der Waals surface area contributed by atoms with E-state index in [0.717, 1.165) is 31.6 Å². The van der Waals surface area contributed by atoms with Gasteiger partial charge >= 0.3 is 0 Å². The number of unbranched alkanes of at least 4 members (excludes halogenated alkanes) is 1. The maximum Gasteiger partial charge on any atom is 0.273 e. The minimum atomic E-state index is -1.18. The average molecular weight is 661 g/mol. The Bertz CT molecular complexity index is 1310. The number of hydrogen-bond acceptors (Lipinski definition) is 11. The molecule has 0 fully saturated rings. The molecule has 1 aliphatic rings. The molecule has 0 aromatic heterocycles. The van der Waals surface area contributed by atoms with Gasteiger partial charge < -0.3 is 34.9 Å². The molecule has 2 aromatic rings. The van der Waals surface area contributed by atoms with Crippen LogP contribution in [0.15, 0.2) is 30.3 Å². The van der Waals surface area contributed by atoms with Gasteiger partial charge in [-0.15, -0.1) is 0 Å². The Morgan fingerprint density at radius 3 is 2.22 bits per heavy atom. The number of non-ortho nitro benzene ring substituents is 1. The number of fused-ring (bicyclic) bond motifs is 1. The van der Waals surface area contributed by atoms with E-state index in [0.29, 0.717) is 54.8 Å². The Hall–Kier alpha value is -3.36. The van der Waals surface area contributed by atoms with E-state index >= 15 is 0 Å². The topological polar surface area (TPSA) is 162 Å². The predicted octanol–water partition coefficient (Wildman–Crippen LogP) is 7.63. The van der Waals surface area contributed by atoms with Crippen LogP contribution in [-0.2, 0) is 9.05 Å². The number of methoxy groups -OCH3 is 2. The van der Waals surface area contributed by atoms with E-state index in [-0.39, 0.29) is 11.2 Å². The lowest BCUT2D eigenvalue weighted by atomic mass is 9.79. The van der Waals surface area contributed by atoms with Crippen LogP contribution in [0.2, 0.25) is 0 Å². The van der Waals surface area contributed by atoms with Gasteiger partial charge in [-0.3, -0.25) is 10.1 Å². The molecule has 256 valence electrons. The number of anilines is 3. The molecule has 13 heteroatoms. The molecular formula is C33H53N6O6P. The summed E-state index contributed by atoms with van der Waals surface area (Å²) in [5.41, 5.74) is 15.3. The summed E-state index contributed by atoms with van der Waals surface area (Å²) in [7, 11) is 1.90.